The van der Waals surface area contributed by atoms with Crippen molar-refractivity contribution < 1.29 is 0 Å². The fraction of sp³-hybridized carbons (Fsp3) is 0.714. The number of rotatable bonds is 4. The van der Waals surface area contributed by atoms with Crippen molar-refractivity contribution in [1.82, 2.24) is 20.2 Å². The molecule has 2 rings (SSSR count). The number of likely N-dealkylation sites (tertiary alicyclic amines) is 1. The number of nitrogens with one attached hydrogen (secondary N) is 1. The maximum atomic E-state index is 4.50. The summed E-state index contributed by atoms with van der Waals surface area (Å²) in [5, 5.41) is 3.29. The fourth-order valence-electron chi connectivity index (χ4n) is 2.91. The molecular formula is C14H24N4. The van der Waals surface area contributed by atoms with E-state index < -0.39 is 0 Å². The van der Waals surface area contributed by atoms with Crippen LogP contribution in [0.1, 0.15) is 37.2 Å². The molecule has 0 bridgehead atoms. The van der Waals surface area contributed by atoms with Crippen molar-refractivity contribution in [3.63, 3.8) is 0 Å². The van der Waals surface area contributed by atoms with Crippen LogP contribution in [0, 0.1) is 12.8 Å². The van der Waals surface area contributed by atoms with Crippen LogP contribution in [0.2, 0.25) is 0 Å². The summed E-state index contributed by atoms with van der Waals surface area (Å²) < 4.78 is 0. The normalized spacial score (nSPS) is 22.9. The third-order valence-corrected chi connectivity index (χ3v) is 3.91. The van der Waals surface area contributed by atoms with Gasteiger partial charge >= 0.3 is 0 Å². The predicted octanol–water partition coefficient (Wildman–Crippen LogP) is 1.78. The Bertz CT molecular complexity index is 378. The van der Waals surface area contributed by atoms with Crippen molar-refractivity contribution in [2.75, 3.05) is 26.7 Å². The fourth-order valence-corrected chi connectivity index (χ4v) is 2.91. The predicted molar refractivity (Wildman–Crippen MR) is 73.4 cm³/mol. The molecule has 1 aromatic heterocycles. The molecular weight excluding hydrogens is 224 g/mol. The zero-order valence-electron chi connectivity index (χ0n) is 11.7. The molecule has 0 aliphatic carbocycles. The molecule has 2 atom stereocenters. The van der Waals surface area contributed by atoms with E-state index in [9.17, 15) is 0 Å². The second-order valence-electron chi connectivity index (χ2n) is 5.26. The quantitative estimate of drug-likeness (QED) is 0.882. The third-order valence-electron chi connectivity index (χ3n) is 3.91. The summed E-state index contributed by atoms with van der Waals surface area (Å²) in [6.45, 7) is 7.75. The van der Waals surface area contributed by atoms with E-state index in [1.54, 1.807) is 12.4 Å². The van der Waals surface area contributed by atoms with Gasteiger partial charge in [-0.15, -0.1) is 0 Å². The summed E-state index contributed by atoms with van der Waals surface area (Å²) in [4.78, 5) is 11.4. The Morgan fingerprint density at radius 1 is 1.44 bits per heavy atom. The van der Waals surface area contributed by atoms with Crippen LogP contribution >= 0.6 is 0 Å². The molecule has 0 aromatic carbocycles. The average molecular weight is 248 g/mol. The number of piperidine rings is 1. The molecule has 1 aromatic rings. The molecule has 4 heteroatoms. The van der Waals surface area contributed by atoms with E-state index in [0.717, 1.165) is 30.4 Å². The maximum Gasteiger partial charge on any atom is 0.0784 e. The van der Waals surface area contributed by atoms with Crippen LogP contribution in [0.25, 0.3) is 0 Å². The molecule has 2 unspecified atom stereocenters. The minimum atomic E-state index is 0.373. The van der Waals surface area contributed by atoms with Gasteiger partial charge in [-0.05, 0) is 52.7 Å². The van der Waals surface area contributed by atoms with Gasteiger partial charge in [0.25, 0.3) is 0 Å². The lowest BCUT2D eigenvalue weighted by Gasteiger charge is -2.36. The summed E-state index contributed by atoms with van der Waals surface area (Å²) in [7, 11) is 2.04. The van der Waals surface area contributed by atoms with Gasteiger partial charge in [-0.3, -0.25) is 14.9 Å². The summed E-state index contributed by atoms with van der Waals surface area (Å²) in [5.41, 5.74) is 2.18. The Morgan fingerprint density at radius 3 is 2.94 bits per heavy atom. The average Bonchev–Trinajstić information content (AvgIpc) is 2.39. The summed E-state index contributed by atoms with van der Waals surface area (Å²) >= 11 is 0. The topological polar surface area (TPSA) is 41.0 Å². The van der Waals surface area contributed by atoms with Gasteiger partial charge in [0, 0.05) is 18.9 Å². The van der Waals surface area contributed by atoms with Gasteiger partial charge in [0.15, 0.2) is 0 Å². The number of hydrogen-bond acceptors (Lipinski definition) is 4. The van der Waals surface area contributed by atoms with E-state index in [1.165, 1.54) is 19.4 Å². The number of aryl methyl sites for hydroxylation is 1. The van der Waals surface area contributed by atoms with E-state index in [1.807, 2.05) is 14.0 Å². The molecule has 1 aliphatic heterocycles. The van der Waals surface area contributed by atoms with Gasteiger partial charge < -0.3 is 5.32 Å². The highest BCUT2D eigenvalue weighted by Crippen LogP contribution is 2.26. The van der Waals surface area contributed by atoms with Gasteiger partial charge in [0.1, 0.15) is 0 Å². The zero-order chi connectivity index (χ0) is 13.0. The smallest absolute Gasteiger partial charge is 0.0784 e. The standard InChI is InChI=1S/C14H24N4/c1-11-14(17-7-6-16-11)12(2)18-8-4-5-13(10-18)9-15-3/h6-7,12-13,15H,4-5,8-10H2,1-3H3. The van der Waals surface area contributed by atoms with E-state index in [-0.39, 0.29) is 0 Å². The Labute approximate surface area is 110 Å². The second kappa shape index (κ2) is 6.25. The highest BCUT2D eigenvalue weighted by atomic mass is 15.2. The highest BCUT2D eigenvalue weighted by molar-refractivity contribution is 5.13. The zero-order valence-corrected chi connectivity index (χ0v) is 11.7. The molecule has 100 valence electrons. The van der Waals surface area contributed by atoms with Gasteiger partial charge in [-0.25, -0.2) is 0 Å². The Kier molecular flexibility index (Phi) is 4.66. The summed E-state index contributed by atoms with van der Waals surface area (Å²) in [5.74, 6) is 0.767. The van der Waals surface area contributed by atoms with E-state index in [4.69, 9.17) is 0 Å². The minimum Gasteiger partial charge on any atom is -0.319 e. The largest absolute Gasteiger partial charge is 0.319 e. The van der Waals surface area contributed by atoms with Crippen molar-refractivity contribution >= 4 is 0 Å². The molecule has 1 fully saturated rings. The van der Waals surface area contributed by atoms with Crippen molar-refractivity contribution in [2.45, 2.75) is 32.7 Å². The van der Waals surface area contributed by atoms with E-state index in [2.05, 4.69) is 27.1 Å². The Balaban J connectivity index is 2.04. The third kappa shape index (κ3) is 3.06. The second-order valence-corrected chi connectivity index (χ2v) is 5.26. The molecule has 4 nitrogen and oxygen atoms in total. The SMILES string of the molecule is CNCC1CCCN(C(C)c2nccnc2C)C1. The molecule has 0 spiro atoms. The van der Waals surface area contributed by atoms with E-state index >= 15 is 0 Å². The van der Waals surface area contributed by atoms with Crippen LogP contribution in [-0.2, 0) is 0 Å². The van der Waals surface area contributed by atoms with Crippen molar-refractivity contribution in [3.8, 4) is 0 Å². The monoisotopic (exact) mass is 248 g/mol. The summed E-state index contributed by atoms with van der Waals surface area (Å²) in [6, 6.07) is 0.373. The molecule has 2 heterocycles. The molecule has 0 radical (unpaired) electrons. The van der Waals surface area contributed by atoms with Crippen LogP contribution in [0.3, 0.4) is 0 Å². The van der Waals surface area contributed by atoms with Crippen LogP contribution in [0.15, 0.2) is 12.4 Å². The molecule has 0 saturated carbocycles. The first kappa shape index (κ1) is 13.4. The van der Waals surface area contributed by atoms with Crippen LogP contribution in [0.4, 0.5) is 0 Å². The first-order valence-electron chi connectivity index (χ1n) is 6.88. The molecule has 18 heavy (non-hydrogen) atoms. The first-order chi connectivity index (χ1) is 8.72. The van der Waals surface area contributed by atoms with Crippen LogP contribution < -0.4 is 5.32 Å². The molecule has 1 saturated heterocycles. The Hall–Kier alpha value is -1.00. The van der Waals surface area contributed by atoms with Crippen LogP contribution in [-0.4, -0.2) is 41.5 Å². The minimum absolute atomic E-state index is 0.373. The van der Waals surface area contributed by atoms with Crippen molar-refractivity contribution in [3.05, 3.63) is 23.8 Å². The van der Waals surface area contributed by atoms with E-state index in [0.29, 0.717) is 6.04 Å². The van der Waals surface area contributed by atoms with Gasteiger partial charge in [-0.1, -0.05) is 0 Å². The van der Waals surface area contributed by atoms with Gasteiger partial charge in [-0.2, -0.15) is 0 Å². The lowest BCUT2D eigenvalue weighted by atomic mass is 9.96. The number of nitrogens with zero attached hydrogens (tertiary/aromatic N) is 3. The lowest BCUT2D eigenvalue weighted by molar-refractivity contribution is 0.128. The van der Waals surface area contributed by atoms with Gasteiger partial charge in [0.05, 0.1) is 17.4 Å². The lowest BCUT2D eigenvalue weighted by Crippen LogP contribution is -2.40. The van der Waals surface area contributed by atoms with Gasteiger partial charge in [0.2, 0.25) is 0 Å². The molecule has 0 amide bonds. The van der Waals surface area contributed by atoms with Crippen LogP contribution in [0.5, 0.6) is 0 Å². The highest BCUT2D eigenvalue weighted by Gasteiger charge is 2.25. The first-order valence-corrected chi connectivity index (χ1v) is 6.88. The number of aromatic nitrogens is 2. The number of hydrogen-bond donors (Lipinski definition) is 1. The summed E-state index contributed by atoms with van der Waals surface area (Å²) in [6.07, 6.45) is 6.19. The Morgan fingerprint density at radius 2 is 2.22 bits per heavy atom. The van der Waals surface area contributed by atoms with Crippen molar-refractivity contribution in [2.24, 2.45) is 5.92 Å². The van der Waals surface area contributed by atoms with Crippen molar-refractivity contribution in [1.29, 1.82) is 0 Å². The molecule has 1 aliphatic rings. The molecule has 1 N–H and O–H groups in total. The maximum absolute atomic E-state index is 4.50.